The van der Waals surface area contributed by atoms with Gasteiger partial charge in [0.1, 0.15) is 0 Å². The van der Waals surface area contributed by atoms with E-state index in [0.29, 0.717) is 0 Å². The maximum Gasteiger partial charge on any atom is 0.161 e. The summed E-state index contributed by atoms with van der Waals surface area (Å²) in [5.41, 5.74) is 3.51. The fourth-order valence-corrected chi connectivity index (χ4v) is 3.01. The van der Waals surface area contributed by atoms with Gasteiger partial charge in [-0.25, -0.2) is 0 Å². The van der Waals surface area contributed by atoms with Crippen molar-refractivity contribution < 1.29 is 9.47 Å². The third-order valence-corrected chi connectivity index (χ3v) is 4.31. The molecule has 0 bridgehead atoms. The standard InChI is InChI=1S/C17H20BrNO2/c1-11-9-15(20-3)16(21-4)10-13(11)17(19-2)12-7-5-6-8-14(12)18/h5-10,17,19H,1-4H3. The van der Waals surface area contributed by atoms with E-state index in [1.54, 1.807) is 14.2 Å². The van der Waals surface area contributed by atoms with Crippen LogP contribution in [-0.4, -0.2) is 21.3 Å². The molecule has 4 heteroatoms. The molecule has 1 unspecified atom stereocenters. The van der Waals surface area contributed by atoms with Gasteiger partial charge in [0.15, 0.2) is 11.5 Å². The first-order valence-corrected chi connectivity index (χ1v) is 7.55. The van der Waals surface area contributed by atoms with Crippen LogP contribution in [0.3, 0.4) is 0 Å². The number of aryl methyl sites for hydroxylation is 1. The van der Waals surface area contributed by atoms with Gasteiger partial charge < -0.3 is 14.8 Å². The Bertz CT molecular complexity index is 628. The van der Waals surface area contributed by atoms with E-state index in [1.165, 1.54) is 11.1 Å². The van der Waals surface area contributed by atoms with Crippen LogP contribution in [0.5, 0.6) is 11.5 Å². The summed E-state index contributed by atoms with van der Waals surface area (Å²) in [6, 6.07) is 12.4. The Morgan fingerprint density at radius 3 is 2.19 bits per heavy atom. The third kappa shape index (κ3) is 3.22. The minimum Gasteiger partial charge on any atom is -0.493 e. The van der Waals surface area contributed by atoms with Gasteiger partial charge in [0.2, 0.25) is 0 Å². The molecule has 0 heterocycles. The van der Waals surface area contributed by atoms with Crippen LogP contribution in [0.25, 0.3) is 0 Å². The van der Waals surface area contributed by atoms with Crippen LogP contribution in [0.1, 0.15) is 22.7 Å². The third-order valence-electron chi connectivity index (χ3n) is 3.59. The molecular weight excluding hydrogens is 330 g/mol. The van der Waals surface area contributed by atoms with Gasteiger partial charge in [-0.1, -0.05) is 34.1 Å². The molecule has 2 aromatic rings. The van der Waals surface area contributed by atoms with Gasteiger partial charge >= 0.3 is 0 Å². The van der Waals surface area contributed by atoms with Crippen molar-refractivity contribution in [1.82, 2.24) is 5.32 Å². The van der Waals surface area contributed by atoms with Crippen LogP contribution in [0.2, 0.25) is 0 Å². The predicted octanol–water partition coefficient (Wildman–Crippen LogP) is 4.08. The fraction of sp³-hybridized carbons (Fsp3) is 0.294. The zero-order valence-electron chi connectivity index (χ0n) is 12.7. The van der Waals surface area contributed by atoms with Crippen molar-refractivity contribution in [1.29, 1.82) is 0 Å². The molecule has 0 aliphatic carbocycles. The Kier molecular flexibility index (Phi) is 5.26. The predicted molar refractivity (Wildman–Crippen MR) is 89.3 cm³/mol. The summed E-state index contributed by atoms with van der Waals surface area (Å²) < 4.78 is 11.9. The molecule has 0 aliphatic heterocycles. The molecule has 0 spiro atoms. The van der Waals surface area contributed by atoms with E-state index in [-0.39, 0.29) is 6.04 Å². The SMILES string of the molecule is CNC(c1cc(OC)c(OC)cc1C)c1ccccc1Br. The van der Waals surface area contributed by atoms with Crippen LogP contribution in [0.15, 0.2) is 40.9 Å². The molecular formula is C17H20BrNO2. The fourth-order valence-electron chi connectivity index (χ4n) is 2.50. The van der Waals surface area contributed by atoms with Crippen molar-refractivity contribution in [2.75, 3.05) is 21.3 Å². The van der Waals surface area contributed by atoms with Gasteiger partial charge in [-0.3, -0.25) is 0 Å². The van der Waals surface area contributed by atoms with E-state index >= 15 is 0 Å². The van der Waals surface area contributed by atoms with E-state index in [0.717, 1.165) is 21.5 Å². The topological polar surface area (TPSA) is 30.5 Å². The molecule has 3 nitrogen and oxygen atoms in total. The van der Waals surface area contributed by atoms with Gasteiger partial charge in [0.05, 0.1) is 20.3 Å². The van der Waals surface area contributed by atoms with Crippen LogP contribution < -0.4 is 14.8 Å². The largest absolute Gasteiger partial charge is 0.493 e. The molecule has 0 saturated heterocycles. The summed E-state index contributed by atoms with van der Waals surface area (Å²) in [4.78, 5) is 0. The summed E-state index contributed by atoms with van der Waals surface area (Å²) in [5, 5.41) is 3.38. The first-order chi connectivity index (χ1) is 10.1. The van der Waals surface area contributed by atoms with Gasteiger partial charge in [-0.05, 0) is 48.9 Å². The highest BCUT2D eigenvalue weighted by Gasteiger charge is 2.19. The van der Waals surface area contributed by atoms with Gasteiger partial charge in [-0.15, -0.1) is 0 Å². The smallest absolute Gasteiger partial charge is 0.161 e. The lowest BCUT2D eigenvalue weighted by Crippen LogP contribution is -2.19. The van der Waals surface area contributed by atoms with E-state index in [1.807, 2.05) is 31.3 Å². The van der Waals surface area contributed by atoms with Crippen LogP contribution in [0.4, 0.5) is 0 Å². The molecule has 1 N–H and O–H groups in total. The maximum absolute atomic E-state index is 5.43. The molecule has 0 radical (unpaired) electrons. The lowest BCUT2D eigenvalue weighted by atomic mass is 9.94. The molecule has 1 atom stereocenters. The van der Waals surface area contributed by atoms with Crippen LogP contribution in [0, 0.1) is 6.92 Å². The molecule has 0 aliphatic rings. The van der Waals surface area contributed by atoms with Gasteiger partial charge in [-0.2, -0.15) is 0 Å². The average Bonchev–Trinajstić information content (AvgIpc) is 2.50. The van der Waals surface area contributed by atoms with Crippen molar-refractivity contribution in [3.63, 3.8) is 0 Å². The Labute approximate surface area is 134 Å². The maximum atomic E-state index is 5.43. The van der Waals surface area contributed by atoms with Crippen molar-refractivity contribution in [3.8, 4) is 11.5 Å². The van der Waals surface area contributed by atoms with Crippen molar-refractivity contribution in [2.45, 2.75) is 13.0 Å². The second-order valence-electron chi connectivity index (χ2n) is 4.81. The summed E-state index contributed by atoms with van der Waals surface area (Å²) >= 11 is 3.63. The number of benzene rings is 2. The lowest BCUT2D eigenvalue weighted by Gasteiger charge is -2.22. The molecule has 0 saturated carbocycles. The minimum atomic E-state index is 0.0837. The summed E-state index contributed by atoms with van der Waals surface area (Å²) in [6.45, 7) is 2.08. The average molecular weight is 350 g/mol. The first-order valence-electron chi connectivity index (χ1n) is 6.76. The lowest BCUT2D eigenvalue weighted by molar-refractivity contribution is 0.354. The highest BCUT2D eigenvalue weighted by Crippen LogP contribution is 2.36. The molecule has 2 rings (SSSR count). The van der Waals surface area contributed by atoms with Crippen LogP contribution in [-0.2, 0) is 0 Å². The second kappa shape index (κ2) is 6.96. The summed E-state index contributed by atoms with van der Waals surface area (Å²) in [7, 11) is 5.27. The monoisotopic (exact) mass is 349 g/mol. The number of halogens is 1. The number of hydrogen-bond acceptors (Lipinski definition) is 3. The van der Waals surface area contributed by atoms with Crippen molar-refractivity contribution in [2.24, 2.45) is 0 Å². The van der Waals surface area contributed by atoms with Gasteiger partial charge in [0.25, 0.3) is 0 Å². The molecule has 21 heavy (non-hydrogen) atoms. The second-order valence-corrected chi connectivity index (χ2v) is 5.66. The van der Waals surface area contributed by atoms with E-state index in [4.69, 9.17) is 9.47 Å². The highest BCUT2D eigenvalue weighted by molar-refractivity contribution is 9.10. The quantitative estimate of drug-likeness (QED) is 0.881. The van der Waals surface area contributed by atoms with Crippen molar-refractivity contribution in [3.05, 3.63) is 57.6 Å². The van der Waals surface area contributed by atoms with Gasteiger partial charge in [0, 0.05) is 4.47 Å². The van der Waals surface area contributed by atoms with E-state index in [2.05, 4.69) is 40.3 Å². The summed E-state index contributed by atoms with van der Waals surface area (Å²) in [5.74, 6) is 1.49. The number of hydrogen-bond donors (Lipinski definition) is 1. The number of ether oxygens (including phenoxy) is 2. The molecule has 112 valence electrons. The Morgan fingerprint density at radius 2 is 1.62 bits per heavy atom. The molecule has 0 fully saturated rings. The minimum absolute atomic E-state index is 0.0837. The van der Waals surface area contributed by atoms with E-state index in [9.17, 15) is 0 Å². The summed E-state index contributed by atoms with van der Waals surface area (Å²) in [6.07, 6.45) is 0. The Morgan fingerprint density at radius 1 is 1.00 bits per heavy atom. The molecule has 0 aromatic heterocycles. The highest BCUT2D eigenvalue weighted by atomic mass is 79.9. The molecule has 2 aromatic carbocycles. The zero-order chi connectivity index (χ0) is 15.4. The first kappa shape index (κ1) is 15.9. The molecule has 0 amide bonds. The zero-order valence-corrected chi connectivity index (χ0v) is 14.3. The van der Waals surface area contributed by atoms with Crippen molar-refractivity contribution >= 4 is 15.9 Å². The normalized spacial score (nSPS) is 12.0. The number of methoxy groups -OCH3 is 2. The number of nitrogens with one attached hydrogen (secondary N) is 1. The Hall–Kier alpha value is -1.52. The van der Waals surface area contributed by atoms with Crippen LogP contribution >= 0.6 is 15.9 Å². The van der Waals surface area contributed by atoms with E-state index < -0.39 is 0 Å². The number of rotatable bonds is 5. The Balaban J connectivity index is 2.55.